The van der Waals surface area contributed by atoms with Crippen molar-refractivity contribution in [2.24, 2.45) is 0 Å². The Morgan fingerprint density at radius 3 is 3.14 bits per heavy atom. The van der Waals surface area contributed by atoms with E-state index in [-0.39, 0.29) is 0 Å². The molecule has 1 N–H and O–H groups in total. The summed E-state index contributed by atoms with van der Waals surface area (Å²) in [6.07, 6.45) is 7.64. The molecule has 0 radical (unpaired) electrons. The van der Waals surface area contributed by atoms with E-state index in [4.69, 9.17) is 0 Å². The number of likely N-dealkylation sites (tertiary alicyclic amines) is 1. The normalized spacial score (nSPS) is 19.4. The molecule has 112 valence electrons. The molecule has 1 atom stereocenters. The molecule has 1 aliphatic heterocycles. The number of hydrogen-bond acceptors (Lipinski definition) is 3. The summed E-state index contributed by atoms with van der Waals surface area (Å²) in [6, 6.07) is 9.50. The standard InChI is InChI=1S/C18H25N3/c1-2-3-8-20-18-7-10-21(14-18)13-15-4-5-17-12-19-9-6-16(17)11-15/h4-6,9,11-12,18,20H,2-3,7-8,10,13-14H2,1H3/t18-/m0/s1. The summed E-state index contributed by atoms with van der Waals surface area (Å²) >= 11 is 0. The second kappa shape index (κ2) is 7.01. The molecular weight excluding hydrogens is 258 g/mol. The topological polar surface area (TPSA) is 28.2 Å². The SMILES string of the molecule is CCCCN[C@H]1CCN(Cc2ccc3cnccc3c2)C1. The van der Waals surface area contributed by atoms with Crippen molar-refractivity contribution in [2.45, 2.75) is 38.8 Å². The summed E-state index contributed by atoms with van der Waals surface area (Å²) in [7, 11) is 0. The average Bonchev–Trinajstić information content (AvgIpc) is 2.95. The quantitative estimate of drug-likeness (QED) is 0.825. The largest absolute Gasteiger partial charge is 0.313 e. The van der Waals surface area contributed by atoms with Crippen molar-refractivity contribution in [1.82, 2.24) is 15.2 Å². The molecule has 1 aromatic carbocycles. The van der Waals surface area contributed by atoms with Crippen LogP contribution in [0.15, 0.2) is 36.7 Å². The monoisotopic (exact) mass is 283 g/mol. The molecule has 3 nitrogen and oxygen atoms in total. The highest BCUT2D eigenvalue weighted by molar-refractivity contribution is 5.81. The van der Waals surface area contributed by atoms with Gasteiger partial charge in [-0.05, 0) is 42.5 Å². The lowest BCUT2D eigenvalue weighted by Crippen LogP contribution is -2.32. The van der Waals surface area contributed by atoms with E-state index in [1.807, 2.05) is 12.4 Å². The molecule has 0 spiro atoms. The molecule has 1 aliphatic rings. The molecule has 0 amide bonds. The van der Waals surface area contributed by atoms with Crippen LogP contribution in [0.25, 0.3) is 10.8 Å². The highest BCUT2D eigenvalue weighted by Crippen LogP contribution is 2.18. The third-order valence-corrected chi connectivity index (χ3v) is 4.35. The van der Waals surface area contributed by atoms with Gasteiger partial charge in [0.1, 0.15) is 0 Å². The zero-order chi connectivity index (χ0) is 14.5. The van der Waals surface area contributed by atoms with Gasteiger partial charge in [-0.1, -0.05) is 25.5 Å². The molecule has 1 fully saturated rings. The fourth-order valence-corrected chi connectivity index (χ4v) is 3.12. The number of rotatable bonds is 6. The maximum atomic E-state index is 4.17. The molecule has 1 saturated heterocycles. The van der Waals surface area contributed by atoms with E-state index in [0.29, 0.717) is 6.04 Å². The van der Waals surface area contributed by atoms with Crippen LogP contribution in [0.1, 0.15) is 31.7 Å². The number of nitrogens with one attached hydrogen (secondary N) is 1. The highest BCUT2D eigenvalue weighted by atomic mass is 15.2. The van der Waals surface area contributed by atoms with E-state index in [1.165, 1.54) is 48.7 Å². The molecule has 0 aliphatic carbocycles. The predicted octanol–water partition coefficient (Wildman–Crippen LogP) is 3.20. The van der Waals surface area contributed by atoms with Gasteiger partial charge in [-0.15, -0.1) is 0 Å². The number of fused-ring (bicyclic) bond motifs is 1. The van der Waals surface area contributed by atoms with E-state index < -0.39 is 0 Å². The molecule has 0 saturated carbocycles. The molecule has 3 heteroatoms. The van der Waals surface area contributed by atoms with Crippen molar-refractivity contribution in [3.63, 3.8) is 0 Å². The lowest BCUT2D eigenvalue weighted by Gasteiger charge is -2.17. The molecule has 3 rings (SSSR count). The van der Waals surface area contributed by atoms with E-state index in [9.17, 15) is 0 Å². The minimum atomic E-state index is 0.682. The molecule has 1 aromatic heterocycles. The number of aromatic nitrogens is 1. The third kappa shape index (κ3) is 3.80. The number of hydrogen-bond donors (Lipinski definition) is 1. The summed E-state index contributed by atoms with van der Waals surface area (Å²) in [6.45, 7) is 6.86. The third-order valence-electron chi connectivity index (χ3n) is 4.35. The minimum absolute atomic E-state index is 0.682. The summed E-state index contributed by atoms with van der Waals surface area (Å²) in [5, 5.41) is 6.19. The van der Waals surface area contributed by atoms with Crippen molar-refractivity contribution in [2.75, 3.05) is 19.6 Å². The van der Waals surface area contributed by atoms with Gasteiger partial charge in [0.15, 0.2) is 0 Å². The fraction of sp³-hybridized carbons (Fsp3) is 0.500. The minimum Gasteiger partial charge on any atom is -0.313 e. The lowest BCUT2D eigenvalue weighted by molar-refractivity contribution is 0.320. The number of unbranched alkanes of at least 4 members (excludes halogenated alkanes) is 1. The van der Waals surface area contributed by atoms with Crippen LogP contribution in [0, 0.1) is 0 Å². The van der Waals surface area contributed by atoms with Gasteiger partial charge in [0.05, 0.1) is 0 Å². The second-order valence-corrected chi connectivity index (χ2v) is 6.09. The summed E-state index contributed by atoms with van der Waals surface area (Å²) in [4.78, 5) is 6.73. The Hall–Kier alpha value is -1.45. The Labute approximate surface area is 127 Å². The number of pyridine rings is 1. The average molecular weight is 283 g/mol. The molecular formula is C18H25N3. The van der Waals surface area contributed by atoms with Gasteiger partial charge in [-0.3, -0.25) is 9.88 Å². The molecule has 0 unspecified atom stereocenters. The van der Waals surface area contributed by atoms with Gasteiger partial charge in [0, 0.05) is 43.5 Å². The van der Waals surface area contributed by atoms with Crippen LogP contribution in [-0.4, -0.2) is 35.6 Å². The zero-order valence-corrected chi connectivity index (χ0v) is 12.9. The Bertz CT molecular complexity index is 581. The first-order chi connectivity index (χ1) is 10.3. The van der Waals surface area contributed by atoms with Crippen molar-refractivity contribution >= 4 is 10.8 Å². The van der Waals surface area contributed by atoms with Crippen LogP contribution >= 0.6 is 0 Å². The molecule has 2 heterocycles. The molecule has 21 heavy (non-hydrogen) atoms. The van der Waals surface area contributed by atoms with E-state index >= 15 is 0 Å². The highest BCUT2D eigenvalue weighted by Gasteiger charge is 2.21. The first-order valence-electron chi connectivity index (χ1n) is 8.13. The Morgan fingerprint density at radius 2 is 2.24 bits per heavy atom. The molecule has 2 aromatic rings. The van der Waals surface area contributed by atoms with Crippen molar-refractivity contribution in [1.29, 1.82) is 0 Å². The maximum Gasteiger partial charge on any atom is 0.0346 e. The van der Waals surface area contributed by atoms with Crippen LogP contribution in [0.3, 0.4) is 0 Å². The van der Waals surface area contributed by atoms with E-state index in [2.05, 4.69) is 46.4 Å². The summed E-state index contributed by atoms with van der Waals surface area (Å²) in [5.74, 6) is 0. The Kier molecular flexibility index (Phi) is 4.84. The molecule has 0 bridgehead atoms. The van der Waals surface area contributed by atoms with Gasteiger partial charge >= 0.3 is 0 Å². The number of benzene rings is 1. The first-order valence-corrected chi connectivity index (χ1v) is 8.13. The van der Waals surface area contributed by atoms with Crippen molar-refractivity contribution in [3.8, 4) is 0 Å². The van der Waals surface area contributed by atoms with Crippen LogP contribution in [-0.2, 0) is 6.54 Å². The lowest BCUT2D eigenvalue weighted by atomic mass is 10.1. The van der Waals surface area contributed by atoms with Gasteiger partial charge < -0.3 is 5.32 Å². The Morgan fingerprint density at radius 1 is 1.29 bits per heavy atom. The number of nitrogens with zero attached hydrogens (tertiary/aromatic N) is 2. The smallest absolute Gasteiger partial charge is 0.0346 e. The Balaban J connectivity index is 1.56. The van der Waals surface area contributed by atoms with E-state index in [0.717, 1.165) is 13.1 Å². The van der Waals surface area contributed by atoms with Gasteiger partial charge in [0.25, 0.3) is 0 Å². The van der Waals surface area contributed by atoms with Crippen LogP contribution in [0.5, 0.6) is 0 Å². The van der Waals surface area contributed by atoms with Gasteiger partial charge in [-0.2, -0.15) is 0 Å². The fourth-order valence-electron chi connectivity index (χ4n) is 3.12. The van der Waals surface area contributed by atoms with Crippen LogP contribution < -0.4 is 5.32 Å². The van der Waals surface area contributed by atoms with Gasteiger partial charge in [0.2, 0.25) is 0 Å². The van der Waals surface area contributed by atoms with Crippen molar-refractivity contribution < 1.29 is 0 Å². The zero-order valence-electron chi connectivity index (χ0n) is 12.9. The van der Waals surface area contributed by atoms with E-state index in [1.54, 1.807) is 0 Å². The van der Waals surface area contributed by atoms with Gasteiger partial charge in [-0.25, -0.2) is 0 Å². The summed E-state index contributed by atoms with van der Waals surface area (Å²) < 4.78 is 0. The van der Waals surface area contributed by atoms with Crippen LogP contribution in [0.4, 0.5) is 0 Å². The summed E-state index contributed by atoms with van der Waals surface area (Å²) in [5.41, 5.74) is 1.41. The van der Waals surface area contributed by atoms with Crippen molar-refractivity contribution in [3.05, 3.63) is 42.2 Å². The maximum absolute atomic E-state index is 4.17. The van der Waals surface area contributed by atoms with Crippen LogP contribution in [0.2, 0.25) is 0 Å². The second-order valence-electron chi connectivity index (χ2n) is 6.09. The predicted molar refractivity (Wildman–Crippen MR) is 88.3 cm³/mol. The first kappa shape index (κ1) is 14.5.